The second-order valence-electron chi connectivity index (χ2n) is 7.59. The zero-order chi connectivity index (χ0) is 21.0. The van der Waals surface area contributed by atoms with Crippen LogP contribution < -0.4 is 9.64 Å². The summed E-state index contributed by atoms with van der Waals surface area (Å²) in [5.74, 6) is 0.697. The van der Waals surface area contributed by atoms with Crippen LogP contribution in [0, 0.1) is 0 Å². The van der Waals surface area contributed by atoms with Gasteiger partial charge in [0.05, 0.1) is 0 Å². The number of hydrogen-bond acceptors (Lipinski definition) is 3. The highest BCUT2D eigenvalue weighted by atomic mass is 16.5. The molecule has 0 spiro atoms. The number of carbonyl (C=O) groups excluding carboxylic acids is 1. The number of carbonyl (C=O) groups is 1. The Kier molecular flexibility index (Phi) is 5.19. The van der Waals surface area contributed by atoms with Gasteiger partial charge in [0.1, 0.15) is 12.4 Å². The third kappa shape index (κ3) is 4.05. The average Bonchev–Trinajstić information content (AvgIpc) is 3.27. The zero-order valence-corrected chi connectivity index (χ0v) is 17.1. The predicted octanol–water partition coefficient (Wildman–Crippen LogP) is 5.53. The van der Waals surface area contributed by atoms with Crippen LogP contribution in [-0.4, -0.2) is 17.4 Å². The van der Waals surface area contributed by atoms with E-state index in [9.17, 15) is 4.79 Å². The monoisotopic (exact) mass is 406 g/mol. The first-order chi connectivity index (χ1) is 15.3. The summed E-state index contributed by atoms with van der Waals surface area (Å²) in [6, 6.07) is 27.7. The maximum absolute atomic E-state index is 13.3. The Hall–Kier alpha value is -3.92. The number of fused-ring (bicyclic) bond motifs is 1. The molecule has 0 unspecified atom stereocenters. The molecule has 2 heterocycles. The number of hydrogen-bond donors (Lipinski definition) is 0. The Labute approximate surface area is 181 Å². The molecule has 4 heteroatoms. The van der Waals surface area contributed by atoms with Gasteiger partial charge in [-0.05, 0) is 71.1 Å². The molecule has 0 N–H and O–H groups in total. The molecule has 4 nitrogen and oxygen atoms in total. The van der Waals surface area contributed by atoms with Crippen molar-refractivity contribution in [2.75, 3.05) is 11.4 Å². The zero-order valence-electron chi connectivity index (χ0n) is 17.1. The minimum atomic E-state index is 0.000530. The summed E-state index contributed by atoms with van der Waals surface area (Å²) < 4.78 is 5.90. The molecule has 152 valence electrons. The van der Waals surface area contributed by atoms with Gasteiger partial charge in [-0.2, -0.15) is 0 Å². The van der Waals surface area contributed by atoms with E-state index in [1.807, 2.05) is 77.7 Å². The lowest BCUT2D eigenvalue weighted by Gasteiger charge is -2.18. The normalized spacial score (nSPS) is 12.5. The first-order valence-electron chi connectivity index (χ1n) is 10.4. The lowest BCUT2D eigenvalue weighted by Crippen LogP contribution is -2.28. The van der Waals surface area contributed by atoms with Crippen LogP contribution in [0.3, 0.4) is 0 Å². The van der Waals surface area contributed by atoms with E-state index in [4.69, 9.17) is 4.74 Å². The summed E-state index contributed by atoms with van der Waals surface area (Å²) in [6.45, 7) is 1.16. The number of amides is 1. The van der Waals surface area contributed by atoms with Crippen LogP contribution in [0.25, 0.3) is 11.1 Å². The maximum Gasteiger partial charge on any atom is 0.258 e. The van der Waals surface area contributed by atoms with E-state index in [1.54, 1.807) is 12.4 Å². The maximum atomic E-state index is 13.3. The fourth-order valence-electron chi connectivity index (χ4n) is 3.95. The number of anilines is 1. The first kappa shape index (κ1) is 19.1. The van der Waals surface area contributed by atoms with Gasteiger partial charge in [0.2, 0.25) is 0 Å². The molecular formula is C27H22N2O2. The van der Waals surface area contributed by atoms with Crippen molar-refractivity contribution in [1.82, 2.24) is 4.98 Å². The quantitative estimate of drug-likeness (QED) is 0.438. The highest BCUT2D eigenvalue weighted by Gasteiger charge is 2.26. The van der Waals surface area contributed by atoms with Gasteiger partial charge < -0.3 is 9.64 Å². The number of pyridine rings is 1. The van der Waals surface area contributed by atoms with Crippen molar-refractivity contribution in [1.29, 1.82) is 0 Å². The van der Waals surface area contributed by atoms with Crippen molar-refractivity contribution in [3.63, 3.8) is 0 Å². The van der Waals surface area contributed by atoms with Gasteiger partial charge >= 0.3 is 0 Å². The molecule has 0 saturated carbocycles. The minimum Gasteiger partial charge on any atom is -0.489 e. The Morgan fingerprint density at radius 3 is 2.55 bits per heavy atom. The summed E-state index contributed by atoms with van der Waals surface area (Å²) in [5.41, 5.74) is 6.18. The van der Waals surface area contributed by atoms with Gasteiger partial charge in [-0.3, -0.25) is 9.78 Å². The standard InChI is InChI=1S/C27H22N2O2/c30-27(24-7-4-8-25(18-24)31-19-20-5-2-1-3-6-20)29-16-13-23-17-22(9-10-26(23)29)21-11-14-28-15-12-21/h1-12,14-15,17-18H,13,16,19H2. The summed E-state index contributed by atoms with van der Waals surface area (Å²) in [5, 5.41) is 0. The van der Waals surface area contributed by atoms with Gasteiger partial charge in [0, 0.05) is 30.2 Å². The lowest BCUT2D eigenvalue weighted by atomic mass is 10.0. The van der Waals surface area contributed by atoms with Gasteiger partial charge in [0.15, 0.2) is 0 Å². The Morgan fingerprint density at radius 1 is 0.871 bits per heavy atom. The number of rotatable bonds is 5. The van der Waals surface area contributed by atoms with Crippen LogP contribution in [0.15, 0.2) is 97.3 Å². The van der Waals surface area contributed by atoms with E-state index < -0.39 is 0 Å². The smallest absolute Gasteiger partial charge is 0.258 e. The van der Waals surface area contributed by atoms with Crippen molar-refractivity contribution in [2.24, 2.45) is 0 Å². The highest BCUT2D eigenvalue weighted by molar-refractivity contribution is 6.07. The van der Waals surface area contributed by atoms with Crippen LogP contribution >= 0.6 is 0 Å². The largest absolute Gasteiger partial charge is 0.489 e. The molecule has 3 aromatic carbocycles. The number of aromatic nitrogens is 1. The molecule has 0 aliphatic carbocycles. The fourth-order valence-corrected chi connectivity index (χ4v) is 3.95. The van der Waals surface area contributed by atoms with Gasteiger partial charge in [-0.25, -0.2) is 0 Å². The molecule has 1 aliphatic heterocycles. The molecule has 0 bridgehead atoms. The topological polar surface area (TPSA) is 42.4 Å². The molecule has 5 rings (SSSR count). The Bertz CT molecular complexity index is 1210. The predicted molar refractivity (Wildman–Crippen MR) is 122 cm³/mol. The third-order valence-corrected chi connectivity index (χ3v) is 5.56. The van der Waals surface area contributed by atoms with Crippen LogP contribution in [0.4, 0.5) is 5.69 Å². The van der Waals surface area contributed by atoms with Crippen molar-refractivity contribution in [3.8, 4) is 16.9 Å². The molecule has 31 heavy (non-hydrogen) atoms. The molecule has 1 amide bonds. The van der Waals surface area contributed by atoms with E-state index in [2.05, 4.69) is 17.1 Å². The number of ether oxygens (including phenoxy) is 1. The molecule has 1 aliphatic rings. The minimum absolute atomic E-state index is 0.000530. The average molecular weight is 406 g/mol. The van der Waals surface area contributed by atoms with Gasteiger partial charge in [-0.15, -0.1) is 0 Å². The summed E-state index contributed by atoms with van der Waals surface area (Å²) in [7, 11) is 0. The van der Waals surface area contributed by atoms with E-state index in [-0.39, 0.29) is 5.91 Å². The second kappa shape index (κ2) is 8.44. The van der Waals surface area contributed by atoms with Crippen LogP contribution in [0.1, 0.15) is 21.5 Å². The van der Waals surface area contributed by atoms with Crippen molar-refractivity contribution >= 4 is 11.6 Å². The fraction of sp³-hybridized carbons (Fsp3) is 0.111. The molecule has 1 aromatic heterocycles. The summed E-state index contributed by atoms with van der Waals surface area (Å²) in [4.78, 5) is 19.2. The number of nitrogens with zero attached hydrogens (tertiary/aromatic N) is 2. The number of benzene rings is 3. The third-order valence-electron chi connectivity index (χ3n) is 5.56. The Balaban J connectivity index is 1.34. The van der Waals surface area contributed by atoms with Crippen LogP contribution in [0.2, 0.25) is 0 Å². The molecule has 0 saturated heterocycles. The molecular weight excluding hydrogens is 384 g/mol. The van der Waals surface area contributed by atoms with Gasteiger partial charge in [-0.1, -0.05) is 42.5 Å². The van der Waals surface area contributed by atoms with Crippen molar-refractivity contribution < 1.29 is 9.53 Å². The molecule has 4 aromatic rings. The second-order valence-corrected chi connectivity index (χ2v) is 7.59. The van der Waals surface area contributed by atoms with Crippen LogP contribution in [0.5, 0.6) is 5.75 Å². The SMILES string of the molecule is O=C(c1cccc(OCc2ccccc2)c1)N1CCc2cc(-c3ccncc3)ccc21. The Morgan fingerprint density at radius 2 is 1.71 bits per heavy atom. The van der Waals surface area contributed by atoms with Gasteiger partial charge in [0.25, 0.3) is 5.91 Å². The van der Waals surface area contributed by atoms with Crippen LogP contribution in [-0.2, 0) is 13.0 Å². The van der Waals surface area contributed by atoms with E-state index >= 15 is 0 Å². The van der Waals surface area contributed by atoms with Crippen molar-refractivity contribution in [2.45, 2.75) is 13.0 Å². The van der Waals surface area contributed by atoms with Crippen molar-refractivity contribution in [3.05, 3.63) is 114 Å². The van der Waals surface area contributed by atoms with E-state index in [0.29, 0.717) is 24.5 Å². The van der Waals surface area contributed by atoms with E-state index in [0.717, 1.165) is 28.8 Å². The molecule has 0 atom stereocenters. The highest BCUT2D eigenvalue weighted by Crippen LogP contribution is 2.33. The molecule has 0 fully saturated rings. The summed E-state index contributed by atoms with van der Waals surface area (Å²) >= 11 is 0. The lowest BCUT2D eigenvalue weighted by molar-refractivity contribution is 0.0989. The molecule has 0 radical (unpaired) electrons. The first-order valence-corrected chi connectivity index (χ1v) is 10.4. The summed E-state index contributed by atoms with van der Waals surface area (Å²) in [6.07, 6.45) is 4.45. The van der Waals surface area contributed by atoms with E-state index in [1.165, 1.54) is 5.56 Å².